The maximum absolute atomic E-state index is 12.5. The van der Waals surface area contributed by atoms with Gasteiger partial charge in [0.1, 0.15) is 12.1 Å². The molecule has 1 aliphatic rings. The molecule has 3 aromatic rings. The van der Waals surface area contributed by atoms with Crippen molar-refractivity contribution in [2.45, 2.75) is 6.54 Å². The first kappa shape index (κ1) is 18.4. The number of carbonyl (C=O) groups is 1. The molecule has 0 spiro atoms. The maximum atomic E-state index is 12.5. The molecule has 1 fully saturated rings. The molecule has 9 heteroatoms. The Morgan fingerprint density at radius 3 is 2.89 bits per heavy atom. The van der Waals surface area contributed by atoms with E-state index in [1.165, 1.54) is 6.33 Å². The van der Waals surface area contributed by atoms with Gasteiger partial charge in [0.15, 0.2) is 0 Å². The van der Waals surface area contributed by atoms with E-state index in [0.717, 1.165) is 37.4 Å². The minimum absolute atomic E-state index is 0.144. The van der Waals surface area contributed by atoms with E-state index in [1.54, 1.807) is 22.7 Å². The zero-order valence-electron chi connectivity index (χ0n) is 14.5. The van der Waals surface area contributed by atoms with Crippen LogP contribution in [-0.4, -0.2) is 51.9 Å². The summed E-state index contributed by atoms with van der Waals surface area (Å²) < 4.78 is 1.67. The second-order valence-corrected chi connectivity index (χ2v) is 9.16. The molecule has 3 aromatic heterocycles. The minimum Gasteiger partial charge on any atom is -0.382 e. The molecule has 140 valence electrons. The Kier molecular flexibility index (Phi) is 5.40. The topological polar surface area (TPSA) is 75.3 Å². The maximum Gasteiger partial charge on any atom is 0.237 e. The summed E-state index contributed by atoms with van der Waals surface area (Å²) >= 11 is 9.04. The van der Waals surface area contributed by atoms with E-state index < -0.39 is 0 Å². The van der Waals surface area contributed by atoms with Gasteiger partial charge in [0, 0.05) is 29.4 Å². The van der Waals surface area contributed by atoms with Crippen LogP contribution in [0.15, 0.2) is 30.6 Å². The molecule has 6 nitrogen and oxygen atoms in total. The number of carbonyl (C=O) groups excluding carboxylic acids is 1. The Morgan fingerprint density at radius 1 is 1.26 bits per heavy atom. The highest BCUT2D eigenvalue weighted by atomic mass is 35.5. The van der Waals surface area contributed by atoms with E-state index in [2.05, 4.69) is 27.0 Å². The van der Waals surface area contributed by atoms with Gasteiger partial charge < -0.3 is 10.6 Å². The number of nitrogen functional groups attached to an aromatic ring is 1. The van der Waals surface area contributed by atoms with Crippen LogP contribution in [0.1, 0.15) is 9.75 Å². The average molecular weight is 420 g/mol. The predicted molar refractivity (Wildman–Crippen MR) is 112 cm³/mol. The van der Waals surface area contributed by atoms with Crippen LogP contribution in [0.3, 0.4) is 0 Å². The Bertz CT molecular complexity index is 999. The number of fused-ring (bicyclic) bond motifs is 1. The van der Waals surface area contributed by atoms with E-state index in [4.69, 9.17) is 17.3 Å². The standard InChI is InChI=1S/C18H18ClN5OS2/c19-15-4-3-12(26-15)2-1-5-23-6-7-24(16(25)10-23)9-13-8-14-17(27-13)18(20)22-11-21-14/h1-4,8,11H,5-7,9-10H2,(H2,20,21,22). The van der Waals surface area contributed by atoms with Crippen molar-refractivity contribution in [2.75, 3.05) is 31.9 Å². The van der Waals surface area contributed by atoms with Gasteiger partial charge in [-0.15, -0.1) is 22.7 Å². The van der Waals surface area contributed by atoms with Crippen molar-refractivity contribution in [3.8, 4) is 0 Å². The lowest BCUT2D eigenvalue weighted by Gasteiger charge is -2.33. The van der Waals surface area contributed by atoms with E-state index in [0.29, 0.717) is 25.5 Å². The van der Waals surface area contributed by atoms with Crippen molar-refractivity contribution in [2.24, 2.45) is 0 Å². The van der Waals surface area contributed by atoms with Gasteiger partial charge in [0.05, 0.1) is 27.6 Å². The number of amides is 1. The van der Waals surface area contributed by atoms with Crippen LogP contribution in [0.25, 0.3) is 16.3 Å². The van der Waals surface area contributed by atoms with E-state index >= 15 is 0 Å². The fraction of sp³-hybridized carbons (Fsp3) is 0.278. The highest BCUT2D eigenvalue weighted by Crippen LogP contribution is 2.28. The molecule has 1 saturated heterocycles. The van der Waals surface area contributed by atoms with E-state index in [9.17, 15) is 4.79 Å². The molecule has 4 heterocycles. The number of thiophene rings is 2. The van der Waals surface area contributed by atoms with Crippen LogP contribution in [0.4, 0.5) is 5.82 Å². The van der Waals surface area contributed by atoms with Crippen LogP contribution >= 0.6 is 34.3 Å². The highest BCUT2D eigenvalue weighted by molar-refractivity contribution is 7.19. The first-order valence-electron chi connectivity index (χ1n) is 8.49. The molecule has 0 aliphatic carbocycles. The van der Waals surface area contributed by atoms with Crippen molar-refractivity contribution in [3.05, 3.63) is 44.7 Å². The first-order chi connectivity index (χ1) is 13.1. The fourth-order valence-corrected chi connectivity index (χ4v) is 5.02. The number of hydrogen-bond donors (Lipinski definition) is 1. The van der Waals surface area contributed by atoms with E-state index in [1.807, 2.05) is 23.1 Å². The summed E-state index contributed by atoms with van der Waals surface area (Å²) in [5.74, 6) is 0.636. The molecule has 2 N–H and O–H groups in total. The number of nitrogens with two attached hydrogens (primary N) is 1. The third kappa shape index (κ3) is 4.30. The van der Waals surface area contributed by atoms with Crippen molar-refractivity contribution in [3.63, 3.8) is 0 Å². The zero-order valence-corrected chi connectivity index (χ0v) is 16.9. The Labute approximate surface area is 169 Å². The molecule has 1 amide bonds. The number of piperazine rings is 1. The van der Waals surface area contributed by atoms with Gasteiger partial charge in [-0.3, -0.25) is 9.69 Å². The second-order valence-electron chi connectivity index (χ2n) is 6.28. The largest absolute Gasteiger partial charge is 0.382 e. The molecule has 0 aromatic carbocycles. The van der Waals surface area contributed by atoms with Crippen LogP contribution in [0, 0.1) is 0 Å². The van der Waals surface area contributed by atoms with Gasteiger partial charge in [-0.05, 0) is 24.3 Å². The van der Waals surface area contributed by atoms with Crippen LogP contribution in [0.5, 0.6) is 0 Å². The number of rotatable bonds is 5. The van der Waals surface area contributed by atoms with Crippen LogP contribution in [0.2, 0.25) is 4.34 Å². The average Bonchev–Trinajstić information content (AvgIpc) is 3.24. The van der Waals surface area contributed by atoms with Crippen molar-refractivity contribution < 1.29 is 4.79 Å². The number of anilines is 1. The van der Waals surface area contributed by atoms with Gasteiger partial charge in [0.25, 0.3) is 0 Å². The summed E-state index contributed by atoms with van der Waals surface area (Å²) in [4.78, 5) is 27.0. The normalized spacial score (nSPS) is 16.0. The van der Waals surface area contributed by atoms with Crippen molar-refractivity contribution in [1.82, 2.24) is 19.8 Å². The Hall–Kier alpha value is -2.00. The SMILES string of the molecule is Nc1ncnc2cc(CN3CCN(CC=Cc4ccc(Cl)s4)CC3=O)sc12. The van der Waals surface area contributed by atoms with E-state index in [-0.39, 0.29) is 5.91 Å². The van der Waals surface area contributed by atoms with Crippen molar-refractivity contribution >= 4 is 62.3 Å². The fourth-order valence-electron chi connectivity index (χ4n) is 3.00. The lowest BCUT2D eigenvalue weighted by atomic mass is 10.2. The number of aromatic nitrogens is 2. The lowest BCUT2D eigenvalue weighted by Crippen LogP contribution is -2.49. The first-order valence-corrected chi connectivity index (χ1v) is 10.5. The third-order valence-electron chi connectivity index (χ3n) is 4.37. The molecule has 0 saturated carbocycles. The van der Waals surface area contributed by atoms with Gasteiger partial charge >= 0.3 is 0 Å². The molecule has 4 rings (SSSR count). The van der Waals surface area contributed by atoms with Gasteiger partial charge in [-0.2, -0.15) is 0 Å². The Morgan fingerprint density at radius 2 is 2.15 bits per heavy atom. The quantitative estimate of drug-likeness (QED) is 0.686. The van der Waals surface area contributed by atoms with Crippen LogP contribution < -0.4 is 5.73 Å². The zero-order chi connectivity index (χ0) is 18.8. The van der Waals surface area contributed by atoms with Gasteiger partial charge in [0.2, 0.25) is 5.91 Å². The van der Waals surface area contributed by atoms with Crippen molar-refractivity contribution in [1.29, 1.82) is 0 Å². The summed E-state index contributed by atoms with van der Waals surface area (Å²) in [5, 5.41) is 0. The predicted octanol–water partition coefficient (Wildman–Crippen LogP) is 3.35. The molecular formula is C18H18ClN5OS2. The lowest BCUT2D eigenvalue weighted by molar-refractivity contribution is -0.136. The van der Waals surface area contributed by atoms with Crippen LogP contribution in [-0.2, 0) is 11.3 Å². The summed E-state index contributed by atoms with van der Waals surface area (Å²) in [5.41, 5.74) is 6.74. The molecule has 0 atom stereocenters. The van der Waals surface area contributed by atoms with Gasteiger partial charge in [-0.1, -0.05) is 17.7 Å². The number of nitrogens with zero attached hydrogens (tertiary/aromatic N) is 4. The summed E-state index contributed by atoms with van der Waals surface area (Å²) in [6, 6.07) is 5.88. The molecule has 0 radical (unpaired) electrons. The Balaban J connectivity index is 1.33. The molecule has 27 heavy (non-hydrogen) atoms. The molecule has 0 unspecified atom stereocenters. The monoisotopic (exact) mass is 419 g/mol. The summed E-state index contributed by atoms with van der Waals surface area (Å²) in [6.07, 6.45) is 5.60. The molecular weight excluding hydrogens is 402 g/mol. The molecule has 1 aliphatic heterocycles. The second kappa shape index (κ2) is 7.93. The van der Waals surface area contributed by atoms with Gasteiger partial charge in [-0.25, -0.2) is 9.97 Å². The number of hydrogen-bond acceptors (Lipinski definition) is 7. The summed E-state index contributed by atoms with van der Waals surface area (Å²) in [6.45, 7) is 3.35. The smallest absolute Gasteiger partial charge is 0.237 e. The highest BCUT2D eigenvalue weighted by Gasteiger charge is 2.24. The third-order valence-corrected chi connectivity index (χ3v) is 6.70. The minimum atomic E-state index is 0.144. The molecule has 0 bridgehead atoms. The number of halogens is 1. The summed E-state index contributed by atoms with van der Waals surface area (Å²) in [7, 11) is 0.